The highest BCUT2D eigenvalue weighted by atomic mass is 16.5. The summed E-state index contributed by atoms with van der Waals surface area (Å²) in [6.07, 6.45) is 0.948. The molecule has 3 nitrogen and oxygen atoms in total. The van der Waals surface area contributed by atoms with Crippen LogP contribution in [0.1, 0.15) is 27.2 Å². The molecule has 0 spiro atoms. The monoisotopic (exact) mass is 185 g/mol. The molecule has 1 fully saturated rings. The molecule has 0 radical (unpaired) electrons. The molecule has 0 aromatic rings. The maximum atomic E-state index is 11.3. The molecule has 3 heteroatoms. The summed E-state index contributed by atoms with van der Waals surface area (Å²) in [6, 6.07) is 0.486. The Morgan fingerprint density at radius 3 is 2.38 bits per heavy atom. The Morgan fingerprint density at radius 2 is 2.08 bits per heavy atom. The summed E-state index contributed by atoms with van der Waals surface area (Å²) < 4.78 is 4.73. The van der Waals surface area contributed by atoms with Crippen molar-refractivity contribution in [1.29, 1.82) is 0 Å². The molecule has 1 heterocycles. The minimum absolute atomic E-state index is 0.0161. The number of carbonyl (C=O) groups is 1. The zero-order valence-corrected chi connectivity index (χ0v) is 8.91. The second-order valence-corrected chi connectivity index (χ2v) is 4.05. The van der Waals surface area contributed by atoms with Gasteiger partial charge < -0.3 is 4.74 Å². The molecule has 0 aromatic carbocycles. The molecular formula is C10H19NO2. The number of ether oxygens (including phenoxy) is 1. The minimum atomic E-state index is -0.0845. The number of hydrogen-bond acceptors (Lipinski definition) is 3. The zero-order chi connectivity index (χ0) is 10.0. The van der Waals surface area contributed by atoms with Gasteiger partial charge in [0.05, 0.1) is 7.11 Å². The Kier molecular flexibility index (Phi) is 3.31. The summed E-state index contributed by atoms with van der Waals surface area (Å²) in [6.45, 7) is 7.55. The van der Waals surface area contributed by atoms with Gasteiger partial charge in [-0.3, -0.25) is 9.69 Å². The van der Waals surface area contributed by atoms with Gasteiger partial charge in [0.1, 0.15) is 6.04 Å². The van der Waals surface area contributed by atoms with E-state index in [0.29, 0.717) is 12.0 Å². The summed E-state index contributed by atoms with van der Waals surface area (Å²) in [5.41, 5.74) is 0. The van der Waals surface area contributed by atoms with Crippen molar-refractivity contribution in [3.63, 3.8) is 0 Å². The van der Waals surface area contributed by atoms with E-state index < -0.39 is 0 Å². The van der Waals surface area contributed by atoms with Crippen molar-refractivity contribution < 1.29 is 9.53 Å². The van der Waals surface area contributed by atoms with Gasteiger partial charge in [-0.05, 0) is 19.3 Å². The zero-order valence-electron chi connectivity index (χ0n) is 8.91. The molecule has 2 unspecified atom stereocenters. The van der Waals surface area contributed by atoms with Crippen LogP contribution in [0.25, 0.3) is 0 Å². The van der Waals surface area contributed by atoms with Crippen molar-refractivity contribution in [2.45, 2.75) is 39.3 Å². The van der Waals surface area contributed by atoms with Crippen LogP contribution in [-0.2, 0) is 9.53 Å². The summed E-state index contributed by atoms with van der Waals surface area (Å²) >= 11 is 0. The lowest BCUT2D eigenvalue weighted by atomic mass is 9.95. The molecule has 13 heavy (non-hydrogen) atoms. The standard InChI is InChI=1S/C10H19NO2/c1-7(2)8(3)11-6-5-9(11)10(12)13-4/h7-9H,5-6H2,1-4H3. The van der Waals surface area contributed by atoms with Crippen molar-refractivity contribution >= 4 is 5.97 Å². The van der Waals surface area contributed by atoms with Crippen LogP contribution in [0.5, 0.6) is 0 Å². The molecule has 0 aliphatic carbocycles. The molecule has 1 aliphatic rings. The van der Waals surface area contributed by atoms with Gasteiger partial charge in [0.25, 0.3) is 0 Å². The van der Waals surface area contributed by atoms with Crippen LogP contribution in [-0.4, -0.2) is 36.6 Å². The lowest BCUT2D eigenvalue weighted by molar-refractivity contribution is -0.154. The van der Waals surface area contributed by atoms with Crippen LogP contribution >= 0.6 is 0 Å². The van der Waals surface area contributed by atoms with E-state index in [2.05, 4.69) is 25.7 Å². The predicted octanol–water partition coefficient (Wildman–Crippen LogP) is 1.28. The smallest absolute Gasteiger partial charge is 0.323 e. The van der Waals surface area contributed by atoms with Crippen LogP contribution < -0.4 is 0 Å². The fourth-order valence-corrected chi connectivity index (χ4v) is 1.67. The number of hydrogen-bond donors (Lipinski definition) is 0. The van der Waals surface area contributed by atoms with E-state index in [4.69, 9.17) is 4.74 Å². The SMILES string of the molecule is COC(=O)C1CCN1C(C)C(C)C. The molecular weight excluding hydrogens is 166 g/mol. The van der Waals surface area contributed by atoms with Gasteiger partial charge in [0, 0.05) is 12.6 Å². The Bertz CT molecular complexity index is 191. The minimum Gasteiger partial charge on any atom is -0.468 e. The maximum absolute atomic E-state index is 11.3. The average molecular weight is 185 g/mol. The Balaban J connectivity index is 2.49. The molecule has 2 atom stereocenters. The molecule has 1 rings (SSSR count). The molecule has 1 saturated heterocycles. The number of carbonyl (C=O) groups excluding carboxylic acids is 1. The summed E-state index contributed by atoms with van der Waals surface area (Å²) in [5, 5.41) is 0. The topological polar surface area (TPSA) is 29.5 Å². The fraction of sp³-hybridized carbons (Fsp3) is 0.900. The van der Waals surface area contributed by atoms with E-state index in [-0.39, 0.29) is 12.0 Å². The molecule has 0 N–H and O–H groups in total. The molecule has 0 amide bonds. The Hall–Kier alpha value is -0.570. The van der Waals surface area contributed by atoms with Crippen molar-refractivity contribution in [3.8, 4) is 0 Å². The number of methoxy groups -OCH3 is 1. The second-order valence-electron chi connectivity index (χ2n) is 4.05. The molecule has 0 bridgehead atoms. The quantitative estimate of drug-likeness (QED) is 0.620. The highest BCUT2D eigenvalue weighted by Gasteiger charge is 2.38. The van der Waals surface area contributed by atoms with E-state index in [1.165, 1.54) is 7.11 Å². The molecule has 0 aromatic heterocycles. The summed E-state index contributed by atoms with van der Waals surface area (Å²) in [4.78, 5) is 13.5. The summed E-state index contributed by atoms with van der Waals surface area (Å²) in [7, 11) is 1.46. The van der Waals surface area contributed by atoms with Gasteiger partial charge in [-0.2, -0.15) is 0 Å². The third-order valence-electron chi connectivity index (χ3n) is 3.02. The number of likely N-dealkylation sites (tertiary alicyclic amines) is 1. The van der Waals surface area contributed by atoms with Gasteiger partial charge >= 0.3 is 5.97 Å². The Labute approximate surface area is 80.1 Å². The first kappa shape index (κ1) is 10.5. The van der Waals surface area contributed by atoms with E-state index >= 15 is 0 Å². The lowest BCUT2D eigenvalue weighted by Gasteiger charge is -2.44. The van der Waals surface area contributed by atoms with Crippen molar-refractivity contribution in [3.05, 3.63) is 0 Å². The first-order valence-electron chi connectivity index (χ1n) is 4.91. The van der Waals surface area contributed by atoms with E-state index in [1.807, 2.05) is 0 Å². The second kappa shape index (κ2) is 4.09. The molecule has 0 saturated carbocycles. The summed E-state index contributed by atoms with van der Waals surface area (Å²) in [5.74, 6) is 0.506. The van der Waals surface area contributed by atoms with Gasteiger partial charge in [0.15, 0.2) is 0 Å². The highest BCUT2D eigenvalue weighted by molar-refractivity contribution is 5.76. The fourth-order valence-electron chi connectivity index (χ4n) is 1.67. The predicted molar refractivity (Wildman–Crippen MR) is 51.4 cm³/mol. The number of esters is 1. The highest BCUT2D eigenvalue weighted by Crippen LogP contribution is 2.24. The largest absolute Gasteiger partial charge is 0.468 e. The van der Waals surface area contributed by atoms with Gasteiger partial charge in [-0.15, -0.1) is 0 Å². The van der Waals surface area contributed by atoms with Crippen molar-refractivity contribution in [2.24, 2.45) is 5.92 Å². The molecule has 76 valence electrons. The third-order valence-corrected chi connectivity index (χ3v) is 3.02. The van der Waals surface area contributed by atoms with Gasteiger partial charge in [-0.25, -0.2) is 0 Å². The van der Waals surface area contributed by atoms with Crippen LogP contribution in [0.15, 0.2) is 0 Å². The van der Waals surface area contributed by atoms with E-state index in [9.17, 15) is 4.79 Å². The van der Waals surface area contributed by atoms with Crippen LogP contribution in [0, 0.1) is 5.92 Å². The first-order valence-corrected chi connectivity index (χ1v) is 4.91. The van der Waals surface area contributed by atoms with E-state index in [1.54, 1.807) is 0 Å². The van der Waals surface area contributed by atoms with Crippen LogP contribution in [0.2, 0.25) is 0 Å². The van der Waals surface area contributed by atoms with Crippen molar-refractivity contribution in [2.75, 3.05) is 13.7 Å². The van der Waals surface area contributed by atoms with Crippen LogP contribution in [0.3, 0.4) is 0 Å². The normalized spacial score (nSPS) is 25.5. The lowest BCUT2D eigenvalue weighted by Crippen LogP contribution is -2.57. The third kappa shape index (κ3) is 2.02. The van der Waals surface area contributed by atoms with Crippen molar-refractivity contribution in [1.82, 2.24) is 4.90 Å². The average Bonchev–Trinajstić information content (AvgIpc) is 2.01. The first-order chi connectivity index (χ1) is 6.07. The molecule has 1 aliphatic heterocycles. The number of nitrogens with zero attached hydrogens (tertiary/aromatic N) is 1. The van der Waals surface area contributed by atoms with Gasteiger partial charge in [-0.1, -0.05) is 13.8 Å². The van der Waals surface area contributed by atoms with Crippen LogP contribution in [0.4, 0.5) is 0 Å². The number of rotatable bonds is 3. The van der Waals surface area contributed by atoms with Gasteiger partial charge in [0.2, 0.25) is 0 Å². The Morgan fingerprint density at radius 1 is 1.46 bits per heavy atom. The maximum Gasteiger partial charge on any atom is 0.323 e. The van der Waals surface area contributed by atoms with E-state index in [0.717, 1.165) is 13.0 Å².